The molecule has 0 unspecified atom stereocenters. The fourth-order valence-corrected chi connectivity index (χ4v) is 4.57. The van der Waals surface area contributed by atoms with Crippen LogP contribution >= 0.6 is 12.2 Å². The number of rotatable bonds is 10. The minimum atomic E-state index is -4.74. The number of anilines is 1. The van der Waals surface area contributed by atoms with E-state index in [0.717, 1.165) is 41.6 Å². The molecule has 3 aromatic carbocycles. The lowest BCUT2D eigenvalue weighted by atomic mass is 9.99. The quantitative estimate of drug-likeness (QED) is 0.129. The Labute approximate surface area is 253 Å². The number of nitrogens with zero attached hydrogens (tertiary/aromatic N) is 3. The molecular formula is C31H33F3N6O2S. The standard InChI is InChI=1S/C31H33F3N6O2S/c1-20(2)26-18-21(3)7-16-27(26)37-30(43)38-29(41)35-17-5-4-6-22-8-10-23(11-9-22)28-36-19-40(39-28)24-12-14-25(15-13-24)42-31(32,33)34/h7-16,18-20H,4-6,17H2,1-3H3,(H3,35,37,38,41,43). The summed E-state index contributed by atoms with van der Waals surface area (Å²) in [4.78, 5) is 16.6. The van der Waals surface area contributed by atoms with E-state index in [9.17, 15) is 18.0 Å². The molecule has 4 aromatic rings. The average molecular weight is 611 g/mol. The van der Waals surface area contributed by atoms with Crippen LogP contribution in [0.3, 0.4) is 0 Å². The van der Waals surface area contributed by atoms with Gasteiger partial charge < -0.3 is 15.4 Å². The summed E-state index contributed by atoms with van der Waals surface area (Å²) in [5, 5.41) is 13.3. The van der Waals surface area contributed by atoms with Crippen molar-refractivity contribution in [2.45, 2.75) is 52.3 Å². The number of carbonyl (C=O) groups excluding carboxylic acids is 1. The second-order valence-electron chi connectivity index (χ2n) is 10.3. The highest BCUT2D eigenvalue weighted by atomic mass is 32.1. The minimum absolute atomic E-state index is 0.246. The highest BCUT2D eigenvalue weighted by Crippen LogP contribution is 2.26. The lowest BCUT2D eigenvalue weighted by molar-refractivity contribution is -0.274. The summed E-state index contributed by atoms with van der Waals surface area (Å²) in [7, 11) is 0. The molecule has 0 radical (unpaired) electrons. The third kappa shape index (κ3) is 9.53. The Morgan fingerprint density at radius 1 is 1.02 bits per heavy atom. The van der Waals surface area contributed by atoms with Crippen LogP contribution in [0.4, 0.5) is 23.7 Å². The van der Waals surface area contributed by atoms with Crippen LogP contribution in [-0.2, 0) is 6.42 Å². The SMILES string of the molecule is Cc1ccc(NC(=S)NC(=O)NCCCCc2ccc(-c3ncn(-c4ccc(OC(F)(F)F)cc4)n3)cc2)c(C(C)C)c1. The van der Waals surface area contributed by atoms with Crippen molar-refractivity contribution in [2.75, 3.05) is 11.9 Å². The zero-order valence-corrected chi connectivity index (χ0v) is 24.9. The maximum Gasteiger partial charge on any atom is 0.573 e. The zero-order chi connectivity index (χ0) is 31.0. The summed E-state index contributed by atoms with van der Waals surface area (Å²) in [5.74, 6) is 0.504. The molecule has 8 nitrogen and oxygen atoms in total. The number of aryl methyl sites for hydroxylation is 2. The molecule has 0 saturated heterocycles. The number of aromatic nitrogens is 3. The molecule has 1 heterocycles. The van der Waals surface area contributed by atoms with Crippen LogP contribution in [0.1, 0.15) is 49.3 Å². The van der Waals surface area contributed by atoms with Crippen molar-refractivity contribution in [3.05, 3.63) is 89.7 Å². The second kappa shape index (κ2) is 14.1. The van der Waals surface area contributed by atoms with Crippen LogP contribution in [0.2, 0.25) is 0 Å². The topological polar surface area (TPSA) is 93.1 Å². The van der Waals surface area contributed by atoms with Gasteiger partial charge in [0.2, 0.25) is 0 Å². The number of ether oxygens (including phenoxy) is 1. The van der Waals surface area contributed by atoms with Crippen LogP contribution in [0.25, 0.3) is 17.1 Å². The van der Waals surface area contributed by atoms with Crippen LogP contribution in [0.5, 0.6) is 5.75 Å². The zero-order valence-electron chi connectivity index (χ0n) is 24.0. The van der Waals surface area contributed by atoms with Crippen molar-refractivity contribution in [3.8, 4) is 22.8 Å². The van der Waals surface area contributed by atoms with E-state index in [0.29, 0.717) is 24.0 Å². The van der Waals surface area contributed by atoms with E-state index in [4.69, 9.17) is 12.2 Å². The van der Waals surface area contributed by atoms with E-state index in [1.165, 1.54) is 40.8 Å². The number of thiocarbonyl (C=S) groups is 1. The van der Waals surface area contributed by atoms with Gasteiger partial charge in [-0.15, -0.1) is 18.3 Å². The molecule has 4 rings (SSSR count). The molecule has 0 aliphatic carbocycles. The van der Waals surface area contributed by atoms with Gasteiger partial charge in [0.25, 0.3) is 0 Å². The smallest absolute Gasteiger partial charge is 0.406 e. The summed E-state index contributed by atoms with van der Waals surface area (Å²) < 4.78 is 42.5. The molecule has 0 spiro atoms. The van der Waals surface area contributed by atoms with E-state index in [1.54, 1.807) is 0 Å². The molecule has 3 N–H and O–H groups in total. The summed E-state index contributed by atoms with van der Waals surface area (Å²) in [6.07, 6.45) is -0.730. The summed E-state index contributed by atoms with van der Waals surface area (Å²) in [6, 6.07) is 19.0. The molecule has 0 bridgehead atoms. The monoisotopic (exact) mass is 610 g/mol. The Kier molecular flexibility index (Phi) is 10.4. The summed E-state index contributed by atoms with van der Waals surface area (Å²) in [6.45, 7) is 6.77. The summed E-state index contributed by atoms with van der Waals surface area (Å²) >= 11 is 5.32. The predicted octanol–water partition coefficient (Wildman–Crippen LogP) is 7.28. The van der Waals surface area contributed by atoms with Crippen molar-refractivity contribution < 1.29 is 22.7 Å². The molecular weight excluding hydrogens is 577 g/mol. The molecule has 0 fully saturated rings. The van der Waals surface area contributed by atoms with Gasteiger partial charge in [-0.05, 0) is 85.8 Å². The number of hydrogen-bond acceptors (Lipinski definition) is 5. The van der Waals surface area contributed by atoms with E-state index < -0.39 is 6.36 Å². The second-order valence-corrected chi connectivity index (χ2v) is 10.7. The predicted molar refractivity (Wildman–Crippen MR) is 164 cm³/mol. The Morgan fingerprint density at radius 2 is 1.74 bits per heavy atom. The van der Waals surface area contributed by atoms with Gasteiger partial charge in [-0.2, -0.15) is 0 Å². The number of unbranched alkanes of at least 4 members (excludes halogenated alkanes) is 1. The number of halogens is 3. The molecule has 0 aliphatic rings. The highest BCUT2D eigenvalue weighted by Gasteiger charge is 2.31. The van der Waals surface area contributed by atoms with Gasteiger partial charge in [0.05, 0.1) is 5.69 Å². The normalized spacial score (nSPS) is 11.3. The Bertz CT molecular complexity index is 1540. The number of amides is 2. The average Bonchev–Trinajstić information content (AvgIpc) is 3.44. The van der Waals surface area contributed by atoms with Gasteiger partial charge in [0, 0.05) is 17.8 Å². The van der Waals surface area contributed by atoms with E-state index in [2.05, 4.69) is 50.7 Å². The minimum Gasteiger partial charge on any atom is -0.406 e. The number of urea groups is 1. The van der Waals surface area contributed by atoms with Gasteiger partial charge >= 0.3 is 12.4 Å². The van der Waals surface area contributed by atoms with Crippen LogP contribution in [0, 0.1) is 6.92 Å². The fourth-order valence-electron chi connectivity index (χ4n) is 4.37. The first-order chi connectivity index (χ1) is 20.5. The molecule has 0 saturated carbocycles. The fraction of sp³-hybridized carbons (Fsp3) is 0.290. The van der Waals surface area contributed by atoms with Crippen molar-refractivity contribution in [1.29, 1.82) is 0 Å². The largest absolute Gasteiger partial charge is 0.573 e. The van der Waals surface area contributed by atoms with E-state index >= 15 is 0 Å². The third-order valence-corrected chi connectivity index (χ3v) is 6.73. The Morgan fingerprint density at radius 3 is 2.42 bits per heavy atom. The van der Waals surface area contributed by atoms with Crippen molar-refractivity contribution in [1.82, 2.24) is 25.4 Å². The molecule has 0 atom stereocenters. The number of alkyl halides is 3. The van der Waals surface area contributed by atoms with Gasteiger partial charge in [0.15, 0.2) is 10.9 Å². The Balaban J connectivity index is 1.18. The molecule has 2 amide bonds. The van der Waals surface area contributed by atoms with Crippen LogP contribution in [-0.4, -0.2) is 38.8 Å². The third-order valence-electron chi connectivity index (χ3n) is 6.52. The molecule has 0 aliphatic heterocycles. The van der Waals surface area contributed by atoms with E-state index in [-0.39, 0.29) is 16.9 Å². The first-order valence-corrected chi connectivity index (χ1v) is 14.2. The number of benzene rings is 3. The highest BCUT2D eigenvalue weighted by molar-refractivity contribution is 7.80. The molecule has 43 heavy (non-hydrogen) atoms. The molecule has 12 heteroatoms. The Hall–Kier alpha value is -4.45. The van der Waals surface area contributed by atoms with Crippen LogP contribution in [0.15, 0.2) is 73.1 Å². The van der Waals surface area contributed by atoms with E-state index in [1.807, 2.05) is 43.3 Å². The lowest BCUT2D eigenvalue weighted by Gasteiger charge is -2.16. The maximum absolute atomic E-state index is 12.4. The number of carbonyl (C=O) groups is 1. The number of hydrogen-bond donors (Lipinski definition) is 3. The van der Waals surface area contributed by atoms with Gasteiger partial charge in [-0.3, -0.25) is 5.32 Å². The maximum atomic E-state index is 12.4. The van der Waals surface area contributed by atoms with Gasteiger partial charge in [-0.1, -0.05) is 55.8 Å². The number of nitrogens with one attached hydrogen (secondary N) is 3. The summed E-state index contributed by atoms with van der Waals surface area (Å²) in [5.41, 5.74) is 5.69. The lowest BCUT2D eigenvalue weighted by Crippen LogP contribution is -2.42. The molecule has 1 aromatic heterocycles. The van der Waals surface area contributed by atoms with Crippen molar-refractivity contribution in [3.63, 3.8) is 0 Å². The van der Waals surface area contributed by atoms with Gasteiger partial charge in [0.1, 0.15) is 12.1 Å². The van der Waals surface area contributed by atoms with Crippen molar-refractivity contribution >= 4 is 29.0 Å². The first-order valence-electron chi connectivity index (χ1n) is 13.8. The van der Waals surface area contributed by atoms with Crippen LogP contribution < -0.4 is 20.7 Å². The van der Waals surface area contributed by atoms with Gasteiger partial charge in [-0.25, -0.2) is 14.5 Å². The van der Waals surface area contributed by atoms with Crippen molar-refractivity contribution in [2.24, 2.45) is 0 Å². The first kappa shape index (κ1) is 31.5. The molecule has 226 valence electrons.